The van der Waals surface area contributed by atoms with Crippen LogP contribution in [0.1, 0.15) is 48.3 Å². The highest BCUT2D eigenvalue weighted by atomic mass is 16.1. The van der Waals surface area contributed by atoms with E-state index >= 15 is 0 Å². The quantitative estimate of drug-likeness (QED) is 0.663. The van der Waals surface area contributed by atoms with Crippen molar-refractivity contribution in [2.45, 2.75) is 58.3 Å². The molecule has 1 amide bonds. The summed E-state index contributed by atoms with van der Waals surface area (Å²) in [7, 11) is 0. The average molecular weight is 436 g/mol. The van der Waals surface area contributed by atoms with Crippen LogP contribution in [0.2, 0.25) is 0 Å². The van der Waals surface area contributed by atoms with Gasteiger partial charge in [-0.2, -0.15) is 5.10 Å². The Hall–Kier alpha value is -2.45. The predicted octanol–water partition coefficient (Wildman–Crippen LogP) is 1.71. The standard InChI is InChI=1S/C24H33N7O/c1-13-19-11-30(12-20(13)19)22-7-4-16(14(2)26-22)9-31-10-17(8-25-31)24(32)27-21-6-5-18-15(3)28-29-23(18)21/h4,7-8,10,13,15,18-21,23,28-29H,5-6,9,11-12H2,1-3H3,(H,27,32)/t13?,15?,18?,19-,20+,21-,23?/m1/s1. The van der Waals surface area contributed by atoms with Crippen LogP contribution in [0.3, 0.4) is 0 Å². The lowest BCUT2D eigenvalue weighted by Gasteiger charge is -2.21. The Morgan fingerprint density at radius 2 is 1.97 bits per heavy atom. The molecule has 4 fully saturated rings. The van der Waals surface area contributed by atoms with Gasteiger partial charge in [-0.25, -0.2) is 4.98 Å². The number of rotatable bonds is 5. The van der Waals surface area contributed by atoms with Gasteiger partial charge >= 0.3 is 0 Å². The van der Waals surface area contributed by atoms with E-state index in [1.807, 2.05) is 10.9 Å². The monoisotopic (exact) mass is 435 g/mol. The van der Waals surface area contributed by atoms with Crippen molar-refractivity contribution in [3.05, 3.63) is 41.3 Å². The molecule has 8 nitrogen and oxygen atoms in total. The Morgan fingerprint density at radius 1 is 1.16 bits per heavy atom. The molecule has 2 saturated heterocycles. The first kappa shape index (κ1) is 20.2. The van der Waals surface area contributed by atoms with Crippen LogP contribution in [0.15, 0.2) is 24.5 Å². The number of hydrazine groups is 1. The van der Waals surface area contributed by atoms with Gasteiger partial charge < -0.3 is 10.2 Å². The first-order valence-corrected chi connectivity index (χ1v) is 12.0. The van der Waals surface area contributed by atoms with Crippen LogP contribution in [0.5, 0.6) is 0 Å². The zero-order chi connectivity index (χ0) is 22.0. The molecule has 4 aliphatic rings. The fourth-order valence-corrected chi connectivity index (χ4v) is 6.22. The Kier molecular flexibility index (Phi) is 4.76. The fourth-order valence-electron chi connectivity index (χ4n) is 6.22. The predicted molar refractivity (Wildman–Crippen MR) is 122 cm³/mol. The lowest BCUT2D eigenvalue weighted by Crippen LogP contribution is -2.47. The highest BCUT2D eigenvalue weighted by molar-refractivity contribution is 5.94. The van der Waals surface area contributed by atoms with Gasteiger partial charge in [0, 0.05) is 43.1 Å². The number of hydrogen-bond acceptors (Lipinski definition) is 6. The first-order valence-electron chi connectivity index (χ1n) is 12.0. The summed E-state index contributed by atoms with van der Waals surface area (Å²) < 4.78 is 1.83. The molecular weight excluding hydrogens is 402 g/mol. The summed E-state index contributed by atoms with van der Waals surface area (Å²) in [5, 5.41) is 7.65. The third-order valence-corrected chi connectivity index (χ3v) is 8.50. The second kappa shape index (κ2) is 7.56. The molecule has 0 spiro atoms. The van der Waals surface area contributed by atoms with Gasteiger partial charge in [0.25, 0.3) is 5.91 Å². The first-order chi connectivity index (χ1) is 15.5. The van der Waals surface area contributed by atoms with Gasteiger partial charge in [0.05, 0.1) is 18.3 Å². The van der Waals surface area contributed by atoms with Crippen LogP contribution in [-0.4, -0.2) is 51.9 Å². The highest BCUT2D eigenvalue weighted by Crippen LogP contribution is 2.51. The summed E-state index contributed by atoms with van der Waals surface area (Å²) in [6.07, 6.45) is 5.66. The number of nitrogens with one attached hydrogen (secondary N) is 3. The molecule has 2 aromatic heterocycles. The average Bonchev–Trinajstić information content (AvgIpc) is 3.36. The minimum Gasteiger partial charge on any atom is -0.356 e. The van der Waals surface area contributed by atoms with Gasteiger partial charge in [-0.1, -0.05) is 13.0 Å². The van der Waals surface area contributed by atoms with Crippen molar-refractivity contribution >= 4 is 11.7 Å². The Morgan fingerprint density at radius 3 is 2.75 bits per heavy atom. The molecular formula is C24H33N7O. The fraction of sp³-hybridized carbons (Fsp3) is 0.625. The topological polar surface area (TPSA) is 87.1 Å². The van der Waals surface area contributed by atoms with Crippen molar-refractivity contribution in [3.63, 3.8) is 0 Å². The molecule has 0 radical (unpaired) electrons. The molecule has 7 atom stereocenters. The number of hydrogen-bond donors (Lipinski definition) is 3. The molecule has 32 heavy (non-hydrogen) atoms. The van der Waals surface area contributed by atoms with Gasteiger partial charge in [-0.15, -0.1) is 0 Å². The van der Waals surface area contributed by atoms with Crippen LogP contribution in [-0.2, 0) is 6.54 Å². The van der Waals surface area contributed by atoms with E-state index in [0.29, 0.717) is 30.1 Å². The van der Waals surface area contributed by atoms with Crippen molar-refractivity contribution in [1.82, 2.24) is 30.9 Å². The number of anilines is 1. The summed E-state index contributed by atoms with van der Waals surface area (Å²) in [4.78, 5) is 20.1. The van der Waals surface area contributed by atoms with Gasteiger partial charge in [-0.3, -0.25) is 20.3 Å². The number of pyridine rings is 1. The van der Waals surface area contributed by atoms with Gasteiger partial charge in [-0.05, 0) is 62.0 Å². The second-order valence-corrected chi connectivity index (χ2v) is 10.4. The number of carbonyl (C=O) groups is 1. The molecule has 8 heteroatoms. The second-order valence-electron chi connectivity index (χ2n) is 10.4. The Labute approximate surface area is 189 Å². The minimum absolute atomic E-state index is 0.0460. The van der Waals surface area contributed by atoms with E-state index in [0.717, 1.165) is 60.8 Å². The van der Waals surface area contributed by atoms with E-state index in [9.17, 15) is 4.79 Å². The zero-order valence-corrected chi connectivity index (χ0v) is 19.1. The summed E-state index contributed by atoms with van der Waals surface area (Å²) in [6.45, 7) is 9.52. The van der Waals surface area contributed by atoms with Crippen LogP contribution >= 0.6 is 0 Å². The van der Waals surface area contributed by atoms with Crippen LogP contribution < -0.4 is 21.1 Å². The SMILES string of the molecule is Cc1nc(N2C[C@@H]3C(C)[C@@H]3C2)ccc1Cn1cc(C(=O)N[C@@H]2CCC3C(C)NNC32)cn1. The molecule has 4 unspecified atom stereocenters. The minimum atomic E-state index is -0.0460. The summed E-state index contributed by atoms with van der Waals surface area (Å²) in [6, 6.07) is 5.21. The molecule has 2 aromatic rings. The maximum atomic E-state index is 12.8. The Bertz CT molecular complexity index is 1020. The van der Waals surface area contributed by atoms with Crippen LogP contribution in [0.25, 0.3) is 0 Å². The lowest BCUT2D eigenvalue weighted by molar-refractivity contribution is 0.0931. The lowest BCUT2D eigenvalue weighted by atomic mass is 9.98. The summed E-state index contributed by atoms with van der Waals surface area (Å²) >= 11 is 0. The molecule has 6 rings (SSSR count). The van der Waals surface area contributed by atoms with Crippen molar-refractivity contribution in [2.75, 3.05) is 18.0 Å². The number of amides is 1. The van der Waals surface area contributed by atoms with Crippen molar-refractivity contribution in [3.8, 4) is 0 Å². The van der Waals surface area contributed by atoms with Crippen molar-refractivity contribution in [1.29, 1.82) is 0 Å². The molecule has 0 bridgehead atoms. The molecule has 2 saturated carbocycles. The maximum absolute atomic E-state index is 12.8. The van der Waals surface area contributed by atoms with E-state index in [1.165, 1.54) is 0 Å². The van der Waals surface area contributed by atoms with E-state index in [1.54, 1.807) is 6.20 Å². The number of nitrogens with zero attached hydrogens (tertiary/aromatic N) is 4. The summed E-state index contributed by atoms with van der Waals surface area (Å²) in [5.74, 6) is 4.24. The molecule has 2 aliphatic heterocycles. The highest BCUT2D eigenvalue weighted by Gasteiger charge is 2.52. The van der Waals surface area contributed by atoms with Crippen LogP contribution in [0.4, 0.5) is 5.82 Å². The molecule has 2 aliphatic carbocycles. The van der Waals surface area contributed by atoms with Gasteiger partial charge in [0.15, 0.2) is 0 Å². The van der Waals surface area contributed by atoms with E-state index in [-0.39, 0.29) is 11.9 Å². The third-order valence-electron chi connectivity index (χ3n) is 8.50. The van der Waals surface area contributed by atoms with Crippen molar-refractivity contribution < 1.29 is 4.79 Å². The smallest absolute Gasteiger partial charge is 0.254 e. The molecule has 3 N–H and O–H groups in total. The number of fused-ring (bicyclic) bond motifs is 2. The Balaban J connectivity index is 1.08. The number of carbonyl (C=O) groups excluding carboxylic acids is 1. The number of aryl methyl sites for hydroxylation is 1. The largest absolute Gasteiger partial charge is 0.356 e. The maximum Gasteiger partial charge on any atom is 0.254 e. The number of aromatic nitrogens is 3. The molecule has 0 aromatic carbocycles. The number of piperidine rings is 1. The van der Waals surface area contributed by atoms with Gasteiger partial charge in [0.1, 0.15) is 5.82 Å². The van der Waals surface area contributed by atoms with Gasteiger partial charge in [0.2, 0.25) is 0 Å². The van der Waals surface area contributed by atoms with Crippen LogP contribution in [0, 0.1) is 30.6 Å². The summed E-state index contributed by atoms with van der Waals surface area (Å²) in [5.41, 5.74) is 9.43. The molecule has 4 heterocycles. The van der Waals surface area contributed by atoms with E-state index < -0.39 is 0 Å². The van der Waals surface area contributed by atoms with E-state index in [2.05, 4.69) is 59.1 Å². The molecule has 170 valence electrons. The normalized spacial score (nSPS) is 35.1. The van der Waals surface area contributed by atoms with E-state index in [4.69, 9.17) is 4.98 Å². The zero-order valence-electron chi connectivity index (χ0n) is 19.1. The third kappa shape index (κ3) is 3.40. The van der Waals surface area contributed by atoms with Crippen molar-refractivity contribution in [2.24, 2.45) is 23.7 Å².